The van der Waals surface area contributed by atoms with Gasteiger partial charge < -0.3 is 13.9 Å². The van der Waals surface area contributed by atoms with Crippen LogP contribution in [0.2, 0.25) is 0 Å². The third-order valence-corrected chi connectivity index (χ3v) is 12.2. The summed E-state index contributed by atoms with van der Waals surface area (Å²) in [5.41, 5.74) is 1.02. The van der Waals surface area contributed by atoms with Crippen LogP contribution in [0.4, 0.5) is 0 Å². The summed E-state index contributed by atoms with van der Waals surface area (Å²) in [7, 11) is 1.35. The molecule has 6 fully saturated rings. The second-order valence-electron chi connectivity index (χ2n) is 15.2. The molecular weight excluding hydrogens is 552 g/mol. The van der Waals surface area contributed by atoms with E-state index in [1.54, 1.807) is 32.2 Å². The summed E-state index contributed by atoms with van der Waals surface area (Å²) in [6.45, 7) is 3.65. The Morgan fingerprint density at radius 3 is 2.43 bits per heavy atom. The summed E-state index contributed by atoms with van der Waals surface area (Å²) in [5.74, 6) is 2.35. The monoisotopic (exact) mass is 596 g/mol. The molecule has 4 heterocycles. The lowest BCUT2D eigenvalue weighted by molar-refractivity contribution is -0.221. The number of ether oxygens (including phenoxy) is 1. The highest BCUT2D eigenvalue weighted by Gasteiger charge is 2.65. The van der Waals surface area contributed by atoms with Gasteiger partial charge in [-0.05, 0) is 107 Å². The molecule has 0 spiro atoms. The van der Waals surface area contributed by atoms with E-state index in [1.807, 2.05) is 28.8 Å². The quantitative estimate of drug-likeness (QED) is 0.347. The van der Waals surface area contributed by atoms with Crippen LogP contribution in [0, 0.1) is 23.2 Å². The molecule has 0 amide bonds. The number of para-hydroxylation sites is 2. The molecule has 6 bridgehead atoms. The molecule has 2 aliphatic heterocycles. The number of carbonyl (C=O) groups is 1. The van der Waals surface area contributed by atoms with Crippen LogP contribution in [0.1, 0.15) is 84.1 Å². The first-order chi connectivity index (χ1) is 21.2. The predicted octanol–water partition coefficient (Wildman–Crippen LogP) is 5.56. The molecule has 7 atom stereocenters. The van der Waals surface area contributed by atoms with Crippen LogP contribution in [-0.4, -0.2) is 49.7 Å². The summed E-state index contributed by atoms with van der Waals surface area (Å²) in [6.07, 6.45) is 14.4. The van der Waals surface area contributed by atoms with Crippen molar-refractivity contribution in [1.29, 1.82) is 0 Å². The Morgan fingerprint density at radius 2 is 1.73 bits per heavy atom. The lowest BCUT2D eigenvalue weighted by Gasteiger charge is -2.73. The zero-order chi connectivity index (χ0) is 30.4. The van der Waals surface area contributed by atoms with Crippen LogP contribution in [0.25, 0.3) is 22.3 Å². The van der Waals surface area contributed by atoms with Gasteiger partial charge >= 0.3 is 5.97 Å². The van der Waals surface area contributed by atoms with Gasteiger partial charge in [0.05, 0.1) is 29.1 Å². The lowest BCUT2D eigenvalue weighted by Crippen LogP contribution is -2.75. The molecule has 2 saturated heterocycles. The van der Waals surface area contributed by atoms with Crippen molar-refractivity contribution in [2.75, 3.05) is 7.11 Å². The number of nitrogens with zero attached hydrogens (tertiary/aromatic N) is 4. The largest absolute Gasteiger partial charge is 0.469 e. The van der Waals surface area contributed by atoms with Crippen LogP contribution >= 0.6 is 0 Å². The number of pyridine rings is 1. The first kappa shape index (κ1) is 28.2. The molecule has 6 aliphatic rings. The highest BCUT2D eigenvalue weighted by atomic mass is 16.5. The number of piperidine rings is 2. The second kappa shape index (κ2) is 10.1. The number of benzene rings is 1. The van der Waals surface area contributed by atoms with Crippen molar-refractivity contribution in [1.82, 2.24) is 19.0 Å². The fourth-order valence-electron chi connectivity index (χ4n) is 10.7. The number of rotatable bonds is 6. The van der Waals surface area contributed by atoms with Crippen molar-refractivity contribution in [3.8, 4) is 11.3 Å². The van der Waals surface area contributed by atoms with Gasteiger partial charge in [0.1, 0.15) is 5.69 Å². The highest BCUT2D eigenvalue weighted by Crippen LogP contribution is 2.67. The van der Waals surface area contributed by atoms with Gasteiger partial charge in [-0.15, -0.1) is 0 Å². The predicted molar refractivity (Wildman–Crippen MR) is 169 cm³/mol. The molecule has 9 rings (SSSR count). The Kier molecular flexibility index (Phi) is 6.50. The zero-order valence-electron chi connectivity index (χ0n) is 26.2. The standard InChI is InChI=1S/C36H44N4O4/c1-35(2,34(43)44-3)21-38-15-7-10-27(32(38)41)31-33(42)39(30-12-5-4-11-29(30)37-31)26-17-24-8-6-9-25(18-26)40(24)36-19-22-13-14-28(36)23(16-22)20-36/h4-5,7,10-12,15,22-26,28H,6,8-9,13-14,16-21H2,1-3H3/t22-,23+,24-,25+,26+,28?,36-/m0/s1. The summed E-state index contributed by atoms with van der Waals surface area (Å²) >= 11 is 0. The number of aromatic nitrogens is 3. The van der Waals surface area contributed by atoms with E-state index in [2.05, 4.69) is 4.90 Å². The molecule has 1 aromatic carbocycles. The maximum absolute atomic E-state index is 14.5. The molecule has 232 valence electrons. The van der Waals surface area contributed by atoms with Gasteiger partial charge in [0.15, 0.2) is 0 Å². The van der Waals surface area contributed by atoms with E-state index in [-0.39, 0.29) is 35.0 Å². The first-order valence-corrected chi connectivity index (χ1v) is 16.8. The van der Waals surface area contributed by atoms with Gasteiger partial charge in [-0.25, -0.2) is 4.98 Å². The molecule has 3 aromatic rings. The van der Waals surface area contributed by atoms with E-state index < -0.39 is 11.4 Å². The van der Waals surface area contributed by atoms with Crippen LogP contribution in [0.15, 0.2) is 52.2 Å². The van der Waals surface area contributed by atoms with E-state index in [0.717, 1.165) is 41.6 Å². The Labute approximate surface area is 258 Å². The van der Waals surface area contributed by atoms with E-state index in [9.17, 15) is 14.4 Å². The van der Waals surface area contributed by atoms with Crippen molar-refractivity contribution < 1.29 is 9.53 Å². The number of hydrogen-bond donors (Lipinski definition) is 0. The fraction of sp³-hybridized carbons (Fsp3) is 0.611. The molecule has 4 aliphatic carbocycles. The first-order valence-electron chi connectivity index (χ1n) is 16.8. The van der Waals surface area contributed by atoms with Gasteiger partial charge in [0.2, 0.25) is 0 Å². The molecule has 0 radical (unpaired) electrons. The van der Waals surface area contributed by atoms with E-state index >= 15 is 0 Å². The average molecular weight is 597 g/mol. The molecule has 44 heavy (non-hydrogen) atoms. The highest BCUT2D eigenvalue weighted by molar-refractivity contribution is 5.78. The maximum atomic E-state index is 14.5. The van der Waals surface area contributed by atoms with Crippen molar-refractivity contribution in [2.24, 2.45) is 23.2 Å². The third kappa shape index (κ3) is 4.12. The van der Waals surface area contributed by atoms with Crippen molar-refractivity contribution in [3.05, 3.63) is 63.3 Å². The normalized spacial score (nSPS) is 32.8. The number of carbonyl (C=O) groups excluding carboxylic acids is 1. The Balaban J connectivity index is 1.18. The third-order valence-electron chi connectivity index (χ3n) is 12.2. The van der Waals surface area contributed by atoms with Gasteiger partial charge in [0.25, 0.3) is 11.1 Å². The molecule has 1 unspecified atom stereocenters. The summed E-state index contributed by atoms with van der Waals surface area (Å²) < 4.78 is 8.46. The summed E-state index contributed by atoms with van der Waals surface area (Å²) in [6, 6.07) is 12.4. The van der Waals surface area contributed by atoms with Crippen LogP contribution in [-0.2, 0) is 16.1 Å². The molecule has 0 N–H and O–H groups in total. The molecule has 8 heteroatoms. The minimum Gasteiger partial charge on any atom is -0.469 e. The van der Waals surface area contributed by atoms with Gasteiger partial charge in [-0.1, -0.05) is 25.0 Å². The van der Waals surface area contributed by atoms with E-state index in [4.69, 9.17) is 9.72 Å². The lowest BCUT2D eigenvalue weighted by atomic mass is 9.42. The SMILES string of the molecule is COC(=O)C(C)(C)Cn1cccc(-c2nc3ccccc3n([C@H]3C[C@H]4CCC[C@@H](C3)N4[C@]34C[C@H]5CCC3[C@H](C5)C4)c2=O)c1=O. The minimum absolute atomic E-state index is 0.0675. The summed E-state index contributed by atoms with van der Waals surface area (Å²) in [4.78, 5) is 48.6. The Hall–Kier alpha value is -3.26. The van der Waals surface area contributed by atoms with Gasteiger partial charge in [-0.2, -0.15) is 0 Å². The van der Waals surface area contributed by atoms with E-state index in [1.165, 1.54) is 63.0 Å². The Bertz CT molecular complexity index is 1740. The molecular formula is C36H44N4O4. The Morgan fingerprint density at radius 1 is 0.955 bits per heavy atom. The topological polar surface area (TPSA) is 86.4 Å². The smallest absolute Gasteiger partial charge is 0.313 e. The zero-order valence-corrected chi connectivity index (χ0v) is 26.2. The molecule has 8 nitrogen and oxygen atoms in total. The molecule has 2 aromatic heterocycles. The maximum Gasteiger partial charge on any atom is 0.313 e. The summed E-state index contributed by atoms with van der Waals surface area (Å²) in [5, 5.41) is 0. The molecule has 4 saturated carbocycles. The second-order valence-corrected chi connectivity index (χ2v) is 15.2. The van der Waals surface area contributed by atoms with Gasteiger partial charge in [0, 0.05) is 36.4 Å². The van der Waals surface area contributed by atoms with Crippen molar-refractivity contribution in [2.45, 2.75) is 108 Å². The number of esters is 1. The van der Waals surface area contributed by atoms with Crippen LogP contribution in [0.3, 0.4) is 0 Å². The van der Waals surface area contributed by atoms with Crippen molar-refractivity contribution in [3.63, 3.8) is 0 Å². The van der Waals surface area contributed by atoms with Crippen LogP contribution in [0.5, 0.6) is 0 Å². The number of hydrogen-bond acceptors (Lipinski definition) is 6. The van der Waals surface area contributed by atoms with Gasteiger partial charge in [-0.3, -0.25) is 19.3 Å². The van der Waals surface area contributed by atoms with Crippen molar-refractivity contribution >= 4 is 17.0 Å². The number of fused-ring (bicyclic) bond motifs is 4. The number of methoxy groups -OCH3 is 1. The fourth-order valence-corrected chi connectivity index (χ4v) is 10.7. The minimum atomic E-state index is -0.905. The van der Waals surface area contributed by atoms with Crippen LogP contribution < -0.4 is 11.1 Å². The van der Waals surface area contributed by atoms with E-state index in [0.29, 0.717) is 17.6 Å². The average Bonchev–Trinajstić information content (AvgIpc) is 3.00.